The molecule has 35 heavy (non-hydrogen) atoms. The number of aryl methyl sites for hydroxylation is 1. The first kappa shape index (κ1) is 24.2. The van der Waals surface area contributed by atoms with Gasteiger partial charge in [0, 0.05) is 28.4 Å². The SMILES string of the molecule is Cc1cc(OCc2ccc(C(=O)Nc3nn(Cc4c(F)cccc4Cl)cc3Cl)o2)ccc1[N+](=O)[O-]. The van der Waals surface area contributed by atoms with Gasteiger partial charge in [-0.2, -0.15) is 5.10 Å². The van der Waals surface area contributed by atoms with Gasteiger partial charge in [-0.25, -0.2) is 4.39 Å². The number of anilines is 1. The maximum Gasteiger partial charge on any atom is 0.292 e. The fourth-order valence-electron chi connectivity index (χ4n) is 3.23. The second-order valence-electron chi connectivity index (χ2n) is 7.44. The molecular weight excluding hydrogens is 502 g/mol. The number of nitrogens with zero attached hydrogens (tertiary/aromatic N) is 3. The number of carbonyl (C=O) groups is 1. The summed E-state index contributed by atoms with van der Waals surface area (Å²) in [7, 11) is 0. The zero-order valence-electron chi connectivity index (χ0n) is 18.1. The number of halogens is 3. The molecule has 0 aliphatic heterocycles. The number of benzene rings is 2. The minimum Gasteiger partial charge on any atom is -0.486 e. The summed E-state index contributed by atoms with van der Waals surface area (Å²) in [6, 6.07) is 11.8. The third-order valence-electron chi connectivity index (χ3n) is 4.96. The van der Waals surface area contributed by atoms with Crippen molar-refractivity contribution in [2.24, 2.45) is 0 Å². The fourth-order valence-corrected chi connectivity index (χ4v) is 3.65. The lowest BCUT2D eigenvalue weighted by atomic mass is 10.2. The normalized spacial score (nSPS) is 10.9. The monoisotopic (exact) mass is 518 g/mol. The van der Waals surface area contributed by atoms with Crippen LogP contribution >= 0.6 is 23.2 Å². The van der Waals surface area contributed by atoms with Crippen molar-refractivity contribution >= 4 is 40.6 Å². The summed E-state index contributed by atoms with van der Waals surface area (Å²) in [6.45, 7) is 1.63. The number of furan rings is 1. The molecule has 12 heteroatoms. The van der Waals surface area contributed by atoms with E-state index in [9.17, 15) is 19.3 Å². The van der Waals surface area contributed by atoms with Gasteiger partial charge >= 0.3 is 0 Å². The van der Waals surface area contributed by atoms with E-state index in [-0.39, 0.29) is 46.0 Å². The standard InChI is InChI=1S/C23H17Cl2FN4O5/c1-13-9-14(5-7-20(13)30(32)33)34-12-15-6-8-21(35-15)23(31)27-22-18(25)11-29(28-22)10-16-17(24)3-2-4-19(16)26/h2-9,11H,10,12H2,1H3,(H,27,28,31). The Kier molecular flexibility index (Phi) is 7.04. The van der Waals surface area contributed by atoms with Crippen LogP contribution in [-0.2, 0) is 13.2 Å². The molecule has 0 saturated heterocycles. The molecule has 2 aromatic heterocycles. The molecule has 0 aliphatic carbocycles. The van der Waals surface area contributed by atoms with E-state index in [4.69, 9.17) is 32.4 Å². The number of carbonyl (C=O) groups excluding carboxylic acids is 1. The molecule has 1 N–H and O–H groups in total. The molecule has 0 saturated carbocycles. The van der Waals surface area contributed by atoms with E-state index in [1.165, 1.54) is 41.2 Å². The molecule has 1 amide bonds. The topological polar surface area (TPSA) is 112 Å². The fraction of sp³-hybridized carbons (Fsp3) is 0.130. The Hall–Kier alpha value is -3.89. The lowest BCUT2D eigenvalue weighted by Gasteiger charge is -2.06. The van der Waals surface area contributed by atoms with Crippen LogP contribution in [0.3, 0.4) is 0 Å². The third-order valence-corrected chi connectivity index (χ3v) is 5.59. The number of hydrogen-bond acceptors (Lipinski definition) is 6. The van der Waals surface area contributed by atoms with Crippen LogP contribution in [0.5, 0.6) is 5.75 Å². The van der Waals surface area contributed by atoms with Crippen LogP contribution < -0.4 is 10.1 Å². The van der Waals surface area contributed by atoms with Crippen LogP contribution in [0.1, 0.15) is 27.4 Å². The second-order valence-corrected chi connectivity index (χ2v) is 8.25. The van der Waals surface area contributed by atoms with E-state index in [0.29, 0.717) is 17.1 Å². The smallest absolute Gasteiger partial charge is 0.292 e. The molecule has 0 unspecified atom stereocenters. The largest absolute Gasteiger partial charge is 0.486 e. The average molecular weight is 519 g/mol. The minimum atomic E-state index is -0.599. The maximum absolute atomic E-state index is 14.0. The number of aromatic nitrogens is 2. The Bertz CT molecular complexity index is 1400. The molecule has 180 valence electrons. The Labute approximate surface area is 208 Å². The quantitative estimate of drug-likeness (QED) is 0.225. The Morgan fingerprint density at radius 3 is 2.74 bits per heavy atom. The van der Waals surface area contributed by atoms with Crippen LogP contribution in [0.15, 0.2) is 59.1 Å². The summed E-state index contributed by atoms with van der Waals surface area (Å²) in [5, 5.41) is 18.0. The number of nitrogens with one attached hydrogen (secondary N) is 1. The minimum absolute atomic E-state index is 0.00329. The highest BCUT2D eigenvalue weighted by Gasteiger charge is 2.17. The summed E-state index contributed by atoms with van der Waals surface area (Å²) in [6.07, 6.45) is 1.44. The van der Waals surface area contributed by atoms with Crippen molar-refractivity contribution in [3.8, 4) is 5.75 Å². The van der Waals surface area contributed by atoms with Crippen molar-refractivity contribution in [3.05, 3.63) is 103 Å². The molecule has 0 bridgehead atoms. The van der Waals surface area contributed by atoms with Crippen molar-refractivity contribution in [2.75, 3.05) is 5.32 Å². The predicted octanol–water partition coefficient (Wildman–Crippen LogP) is 6.02. The Balaban J connectivity index is 1.38. The number of amides is 1. The molecule has 4 aromatic rings. The number of nitro benzene ring substituents is 1. The Morgan fingerprint density at radius 2 is 2.03 bits per heavy atom. The van der Waals surface area contributed by atoms with Crippen molar-refractivity contribution in [3.63, 3.8) is 0 Å². The molecule has 2 heterocycles. The zero-order valence-corrected chi connectivity index (χ0v) is 19.6. The van der Waals surface area contributed by atoms with E-state index in [2.05, 4.69) is 10.4 Å². The van der Waals surface area contributed by atoms with Gasteiger partial charge in [0.1, 0.15) is 29.0 Å². The zero-order chi connectivity index (χ0) is 25.1. The third kappa shape index (κ3) is 5.61. The summed E-state index contributed by atoms with van der Waals surface area (Å²) in [5.41, 5.74) is 0.693. The molecule has 2 aromatic carbocycles. The number of nitro groups is 1. The number of rotatable bonds is 8. The van der Waals surface area contributed by atoms with E-state index in [0.717, 1.165) is 0 Å². The lowest BCUT2D eigenvalue weighted by molar-refractivity contribution is -0.385. The van der Waals surface area contributed by atoms with Crippen LogP contribution in [0.2, 0.25) is 10.0 Å². The van der Waals surface area contributed by atoms with Crippen molar-refractivity contribution in [1.29, 1.82) is 0 Å². The van der Waals surface area contributed by atoms with Gasteiger partial charge in [0.05, 0.1) is 11.5 Å². The van der Waals surface area contributed by atoms with Gasteiger partial charge < -0.3 is 14.5 Å². The molecular formula is C23H17Cl2FN4O5. The molecule has 0 spiro atoms. The first-order valence-corrected chi connectivity index (χ1v) is 10.9. The van der Waals surface area contributed by atoms with Crippen molar-refractivity contribution in [2.45, 2.75) is 20.1 Å². The van der Waals surface area contributed by atoms with E-state index in [1.807, 2.05) is 0 Å². The Morgan fingerprint density at radius 1 is 1.23 bits per heavy atom. The molecule has 0 fully saturated rings. The van der Waals surface area contributed by atoms with Crippen LogP contribution in [0.25, 0.3) is 0 Å². The lowest BCUT2D eigenvalue weighted by Crippen LogP contribution is -2.12. The van der Waals surface area contributed by atoms with Crippen LogP contribution in [-0.4, -0.2) is 20.6 Å². The van der Waals surface area contributed by atoms with Gasteiger partial charge in [-0.05, 0) is 43.3 Å². The number of hydrogen-bond donors (Lipinski definition) is 1. The highest BCUT2D eigenvalue weighted by atomic mass is 35.5. The van der Waals surface area contributed by atoms with Crippen molar-refractivity contribution in [1.82, 2.24) is 9.78 Å². The van der Waals surface area contributed by atoms with E-state index in [1.54, 1.807) is 25.1 Å². The number of ether oxygens (including phenoxy) is 1. The molecule has 9 nitrogen and oxygen atoms in total. The summed E-state index contributed by atoms with van der Waals surface area (Å²) in [4.78, 5) is 23.0. The predicted molar refractivity (Wildman–Crippen MR) is 127 cm³/mol. The van der Waals surface area contributed by atoms with Gasteiger partial charge in [0.25, 0.3) is 11.6 Å². The molecule has 0 radical (unpaired) electrons. The van der Waals surface area contributed by atoms with Crippen LogP contribution in [0, 0.1) is 22.9 Å². The molecule has 4 rings (SSSR count). The highest BCUT2D eigenvalue weighted by Crippen LogP contribution is 2.26. The van der Waals surface area contributed by atoms with E-state index < -0.39 is 16.6 Å². The summed E-state index contributed by atoms with van der Waals surface area (Å²) < 4.78 is 26.5. The maximum atomic E-state index is 14.0. The van der Waals surface area contributed by atoms with Gasteiger partial charge in [-0.3, -0.25) is 19.6 Å². The highest BCUT2D eigenvalue weighted by molar-refractivity contribution is 6.33. The molecule has 0 atom stereocenters. The second kappa shape index (κ2) is 10.2. The first-order valence-electron chi connectivity index (χ1n) is 10.1. The van der Waals surface area contributed by atoms with Gasteiger partial charge in [-0.15, -0.1) is 0 Å². The summed E-state index contributed by atoms with van der Waals surface area (Å²) in [5.74, 6) is -0.242. The van der Waals surface area contributed by atoms with Crippen molar-refractivity contribution < 1.29 is 23.3 Å². The van der Waals surface area contributed by atoms with Gasteiger partial charge in [0.2, 0.25) is 0 Å². The van der Waals surface area contributed by atoms with Gasteiger partial charge in [0.15, 0.2) is 11.6 Å². The van der Waals surface area contributed by atoms with Crippen LogP contribution in [0.4, 0.5) is 15.9 Å². The molecule has 0 aliphatic rings. The van der Waals surface area contributed by atoms with E-state index >= 15 is 0 Å². The summed E-state index contributed by atoms with van der Waals surface area (Å²) >= 11 is 12.2. The average Bonchev–Trinajstić information content (AvgIpc) is 3.41. The first-order chi connectivity index (χ1) is 16.7. The van der Waals surface area contributed by atoms with Gasteiger partial charge in [-0.1, -0.05) is 29.3 Å².